The predicted molar refractivity (Wildman–Crippen MR) is 84.7 cm³/mol. The van der Waals surface area contributed by atoms with E-state index in [0.717, 1.165) is 25.7 Å². The van der Waals surface area contributed by atoms with Crippen molar-refractivity contribution in [3.63, 3.8) is 0 Å². The van der Waals surface area contributed by atoms with Crippen molar-refractivity contribution in [3.05, 3.63) is 17.5 Å². The highest BCUT2D eigenvalue weighted by Crippen LogP contribution is 2.27. The van der Waals surface area contributed by atoms with Crippen LogP contribution >= 0.6 is 0 Å². The van der Waals surface area contributed by atoms with Gasteiger partial charge in [0, 0.05) is 19.2 Å². The van der Waals surface area contributed by atoms with Crippen LogP contribution in [0.15, 0.2) is 6.07 Å². The molecule has 1 aromatic heterocycles. The fraction of sp³-hybridized carbons (Fsp3) is 0.625. The van der Waals surface area contributed by atoms with Crippen LogP contribution in [0.3, 0.4) is 0 Å². The maximum atomic E-state index is 12.8. The van der Waals surface area contributed by atoms with E-state index in [-0.39, 0.29) is 29.9 Å². The van der Waals surface area contributed by atoms with E-state index in [1.807, 2.05) is 0 Å². The second-order valence-corrected chi connectivity index (χ2v) is 6.82. The smallest absolute Gasteiger partial charge is 0.356 e. The van der Waals surface area contributed by atoms with Crippen LogP contribution in [0.2, 0.25) is 0 Å². The van der Waals surface area contributed by atoms with Gasteiger partial charge in [-0.2, -0.15) is 5.10 Å². The van der Waals surface area contributed by atoms with Crippen LogP contribution in [-0.4, -0.2) is 56.2 Å². The minimum atomic E-state index is -1.19. The average Bonchev–Trinajstić information content (AvgIpc) is 2.98. The summed E-state index contributed by atoms with van der Waals surface area (Å²) in [5, 5.41) is 16.1. The Labute approximate surface area is 139 Å². The molecule has 1 atom stereocenters. The van der Waals surface area contributed by atoms with Crippen molar-refractivity contribution in [1.29, 1.82) is 0 Å². The second kappa shape index (κ2) is 5.92. The molecule has 130 valence electrons. The number of aromatic nitrogens is 2. The Bertz CT molecular complexity index is 692. The normalized spacial score (nSPS) is 24.6. The minimum Gasteiger partial charge on any atom is -0.476 e. The molecule has 0 spiro atoms. The summed E-state index contributed by atoms with van der Waals surface area (Å²) in [6.07, 6.45) is 5.30. The Balaban J connectivity index is 1.85. The summed E-state index contributed by atoms with van der Waals surface area (Å²) < 4.78 is 1.33. The lowest BCUT2D eigenvalue weighted by molar-refractivity contribution is -0.133. The lowest BCUT2D eigenvalue weighted by atomic mass is 9.92. The van der Waals surface area contributed by atoms with Gasteiger partial charge in [-0.05, 0) is 19.8 Å². The topological polar surface area (TPSA) is 105 Å². The molecule has 3 rings (SSSR count). The van der Waals surface area contributed by atoms with Crippen molar-refractivity contribution in [2.45, 2.75) is 57.2 Å². The largest absolute Gasteiger partial charge is 0.476 e. The molecule has 1 aliphatic heterocycles. The molecule has 2 heterocycles. The zero-order valence-corrected chi connectivity index (χ0v) is 13.9. The van der Waals surface area contributed by atoms with Crippen molar-refractivity contribution in [2.75, 3.05) is 7.05 Å². The number of nitrogens with one attached hydrogen (secondary N) is 1. The van der Waals surface area contributed by atoms with Crippen LogP contribution in [0.5, 0.6) is 0 Å². The number of nitrogens with zero attached hydrogens (tertiary/aromatic N) is 3. The standard InChI is InChI=1S/C16H22N4O4/c1-16(15(24)17-10-6-4-3-5-7-10)9-20-12(13(21)19(16)2)8-11(18-20)14(22)23/h8,10H,3-7,9H2,1-2H3,(H,17,24)(H,22,23). The van der Waals surface area contributed by atoms with Gasteiger partial charge < -0.3 is 15.3 Å². The molecule has 1 unspecified atom stereocenters. The highest BCUT2D eigenvalue weighted by molar-refractivity contribution is 6.00. The van der Waals surface area contributed by atoms with Crippen molar-refractivity contribution in [2.24, 2.45) is 0 Å². The number of carbonyl (C=O) groups is 3. The van der Waals surface area contributed by atoms with Crippen LogP contribution in [0, 0.1) is 0 Å². The Hall–Kier alpha value is -2.38. The van der Waals surface area contributed by atoms with Gasteiger partial charge in [0.2, 0.25) is 5.91 Å². The number of rotatable bonds is 3. The summed E-state index contributed by atoms with van der Waals surface area (Å²) in [6, 6.07) is 1.39. The number of aromatic carboxylic acids is 1. The number of carboxylic acid groups (broad SMARTS) is 1. The highest BCUT2D eigenvalue weighted by atomic mass is 16.4. The first-order valence-electron chi connectivity index (χ1n) is 8.23. The number of hydrogen-bond acceptors (Lipinski definition) is 4. The zero-order valence-electron chi connectivity index (χ0n) is 13.9. The van der Waals surface area contributed by atoms with Gasteiger partial charge in [0.25, 0.3) is 5.91 Å². The van der Waals surface area contributed by atoms with Crippen LogP contribution < -0.4 is 5.32 Å². The van der Waals surface area contributed by atoms with Crippen molar-refractivity contribution >= 4 is 17.8 Å². The van der Waals surface area contributed by atoms with Gasteiger partial charge in [0.1, 0.15) is 11.2 Å². The van der Waals surface area contributed by atoms with Gasteiger partial charge >= 0.3 is 5.97 Å². The summed E-state index contributed by atoms with van der Waals surface area (Å²) in [7, 11) is 1.57. The summed E-state index contributed by atoms with van der Waals surface area (Å²) in [5.74, 6) is -1.81. The van der Waals surface area contributed by atoms with Crippen LogP contribution in [0.1, 0.15) is 60.0 Å². The van der Waals surface area contributed by atoms with E-state index >= 15 is 0 Å². The van der Waals surface area contributed by atoms with Gasteiger partial charge in [-0.3, -0.25) is 14.3 Å². The molecule has 24 heavy (non-hydrogen) atoms. The molecule has 1 fully saturated rings. The Morgan fingerprint density at radius 2 is 2.00 bits per heavy atom. The molecule has 0 aromatic carbocycles. The van der Waals surface area contributed by atoms with E-state index in [1.165, 1.54) is 22.1 Å². The molecule has 8 heteroatoms. The Morgan fingerprint density at radius 1 is 1.33 bits per heavy atom. The van der Waals surface area contributed by atoms with Crippen molar-refractivity contribution in [3.8, 4) is 0 Å². The number of fused-ring (bicyclic) bond motifs is 1. The maximum Gasteiger partial charge on any atom is 0.356 e. The fourth-order valence-corrected chi connectivity index (χ4v) is 3.42. The molecule has 1 saturated carbocycles. The summed E-state index contributed by atoms with van der Waals surface area (Å²) >= 11 is 0. The molecule has 0 bridgehead atoms. The third kappa shape index (κ3) is 2.65. The number of amides is 2. The molecule has 8 nitrogen and oxygen atoms in total. The quantitative estimate of drug-likeness (QED) is 0.853. The van der Waals surface area contributed by atoms with Crippen molar-refractivity contribution in [1.82, 2.24) is 20.0 Å². The van der Waals surface area contributed by atoms with Gasteiger partial charge in [-0.1, -0.05) is 19.3 Å². The number of hydrogen-bond donors (Lipinski definition) is 2. The first-order chi connectivity index (χ1) is 11.3. The fourth-order valence-electron chi connectivity index (χ4n) is 3.42. The van der Waals surface area contributed by atoms with Crippen molar-refractivity contribution < 1.29 is 19.5 Å². The third-order valence-corrected chi connectivity index (χ3v) is 5.15. The van der Waals surface area contributed by atoms with E-state index in [2.05, 4.69) is 10.4 Å². The molecular weight excluding hydrogens is 312 g/mol. The minimum absolute atomic E-state index is 0.135. The number of carboxylic acids is 1. The van der Waals surface area contributed by atoms with E-state index in [9.17, 15) is 14.4 Å². The molecule has 2 aliphatic rings. The van der Waals surface area contributed by atoms with Gasteiger partial charge in [-0.25, -0.2) is 4.79 Å². The van der Waals surface area contributed by atoms with E-state index < -0.39 is 17.4 Å². The monoisotopic (exact) mass is 334 g/mol. The molecule has 1 aromatic rings. The number of carbonyl (C=O) groups excluding carboxylic acids is 2. The maximum absolute atomic E-state index is 12.8. The highest BCUT2D eigenvalue weighted by Gasteiger charge is 2.46. The molecular formula is C16H22N4O4. The molecule has 0 radical (unpaired) electrons. The van der Waals surface area contributed by atoms with Gasteiger partial charge in [-0.15, -0.1) is 0 Å². The predicted octanol–water partition coefficient (Wildman–Crippen LogP) is 0.874. The lowest BCUT2D eigenvalue weighted by Crippen LogP contribution is -2.63. The Kier molecular flexibility index (Phi) is 4.06. The van der Waals surface area contributed by atoms with Gasteiger partial charge in [0.15, 0.2) is 5.69 Å². The second-order valence-electron chi connectivity index (χ2n) is 6.82. The third-order valence-electron chi connectivity index (χ3n) is 5.15. The first kappa shape index (κ1) is 16.5. The van der Waals surface area contributed by atoms with Crippen LogP contribution in [0.25, 0.3) is 0 Å². The van der Waals surface area contributed by atoms with Crippen LogP contribution in [-0.2, 0) is 11.3 Å². The SMILES string of the molecule is CN1C(=O)c2cc(C(=O)O)nn2CC1(C)C(=O)NC1CCCCC1. The van der Waals surface area contributed by atoms with E-state index in [4.69, 9.17) is 5.11 Å². The number of likely N-dealkylation sites (N-methyl/N-ethyl adjacent to an activating group) is 1. The Morgan fingerprint density at radius 3 is 2.62 bits per heavy atom. The summed E-state index contributed by atoms with van der Waals surface area (Å²) in [6.45, 7) is 1.82. The lowest BCUT2D eigenvalue weighted by Gasteiger charge is -2.41. The summed E-state index contributed by atoms with van der Waals surface area (Å²) in [5.41, 5.74) is -1.09. The van der Waals surface area contributed by atoms with E-state index in [1.54, 1.807) is 14.0 Å². The van der Waals surface area contributed by atoms with Crippen LogP contribution in [0.4, 0.5) is 0 Å². The van der Waals surface area contributed by atoms with Gasteiger partial charge in [0.05, 0.1) is 6.54 Å². The van der Waals surface area contributed by atoms with E-state index in [0.29, 0.717) is 0 Å². The molecule has 0 saturated heterocycles. The zero-order chi connectivity index (χ0) is 17.5. The molecule has 2 N–H and O–H groups in total. The molecule has 1 aliphatic carbocycles. The average molecular weight is 334 g/mol. The molecule has 2 amide bonds. The summed E-state index contributed by atoms with van der Waals surface area (Å²) in [4.78, 5) is 37.9. The first-order valence-corrected chi connectivity index (χ1v) is 8.23.